The first-order valence-corrected chi connectivity index (χ1v) is 7.38. The van der Waals surface area contributed by atoms with Crippen molar-refractivity contribution in [2.24, 2.45) is 5.92 Å². The van der Waals surface area contributed by atoms with Crippen LogP contribution in [0.1, 0.15) is 17.9 Å². The molecule has 8 heteroatoms. The Labute approximate surface area is 136 Å². The molecule has 1 aliphatic heterocycles. The van der Waals surface area contributed by atoms with Crippen molar-refractivity contribution < 1.29 is 22.8 Å². The molecule has 6 nitrogen and oxygen atoms in total. The van der Waals surface area contributed by atoms with Gasteiger partial charge in [-0.2, -0.15) is 0 Å². The van der Waals surface area contributed by atoms with Crippen LogP contribution in [-0.2, 0) is 16.1 Å². The van der Waals surface area contributed by atoms with Crippen LogP contribution in [0.3, 0.4) is 0 Å². The molecule has 0 aliphatic carbocycles. The summed E-state index contributed by atoms with van der Waals surface area (Å²) < 4.78 is 31.9. The van der Waals surface area contributed by atoms with E-state index in [1.807, 2.05) is 0 Å². The molecule has 2 heterocycles. The van der Waals surface area contributed by atoms with Gasteiger partial charge in [-0.3, -0.25) is 9.59 Å². The van der Waals surface area contributed by atoms with E-state index in [1.165, 1.54) is 17.4 Å². The van der Waals surface area contributed by atoms with Gasteiger partial charge in [0.05, 0.1) is 18.2 Å². The zero-order valence-corrected chi connectivity index (χ0v) is 12.9. The lowest BCUT2D eigenvalue weighted by Crippen LogP contribution is -2.33. The molecule has 126 valence electrons. The first-order chi connectivity index (χ1) is 11.5. The van der Waals surface area contributed by atoms with E-state index in [-0.39, 0.29) is 37.0 Å². The average Bonchev–Trinajstić information content (AvgIpc) is 3.11. The van der Waals surface area contributed by atoms with Gasteiger partial charge in [0.15, 0.2) is 6.39 Å². The molecule has 0 spiro atoms. The molecular formula is C16H15F2N3O3. The number of anilines is 1. The molecule has 1 saturated heterocycles. The Morgan fingerprint density at radius 1 is 1.46 bits per heavy atom. The number of aromatic nitrogens is 1. The van der Waals surface area contributed by atoms with E-state index in [4.69, 9.17) is 4.42 Å². The fourth-order valence-electron chi connectivity index (χ4n) is 2.63. The molecule has 0 unspecified atom stereocenters. The van der Waals surface area contributed by atoms with Crippen LogP contribution in [0.5, 0.6) is 0 Å². The predicted molar refractivity (Wildman–Crippen MR) is 79.9 cm³/mol. The number of benzene rings is 1. The summed E-state index contributed by atoms with van der Waals surface area (Å²) in [4.78, 5) is 29.4. The minimum atomic E-state index is -0.831. The van der Waals surface area contributed by atoms with Crippen LogP contribution >= 0.6 is 0 Å². The Hall–Kier alpha value is -2.77. The molecule has 1 atom stereocenters. The van der Waals surface area contributed by atoms with Crippen molar-refractivity contribution in [2.75, 3.05) is 11.4 Å². The van der Waals surface area contributed by atoms with Crippen molar-refractivity contribution in [3.63, 3.8) is 0 Å². The lowest BCUT2D eigenvalue weighted by atomic mass is 10.1. The van der Waals surface area contributed by atoms with Crippen molar-refractivity contribution in [1.29, 1.82) is 0 Å². The second-order valence-electron chi connectivity index (χ2n) is 5.57. The number of amides is 2. The zero-order chi connectivity index (χ0) is 17.3. The summed E-state index contributed by atoms with van der Waals surface area (Å²) in [7, 11) is 0. The van der Waals surface area contributed by atoms with E-state index >= 15 is 0 Å². The molecular weight excluding hydrogens is 320 g/mol. The summed E-state index contributed by atoms with van der Waals surface area (Å²) in [5, 5.41) is 2.69. The quantitative estimate of drug-likeness (QED) is 0.926. The number of nitrogens with zero attached hydrogens (tertiary/aromatic N) is 2. The molecule has 2 aromatic rings. The standard InChI is InChI=1S/C16H15F2N3O3/c1-9-13(20-8-24-9)6-19-16(23)10-4-15(22)21(7-10)14-3-2-11(17)5-12(14)18/h2-3,5,8,10H,4,6-7H2,1H3,(H,19,23)/t10-/m1/s1. The van der Waals surface area contributed by atoms with E-state index in [0.717, 1.165) is 6.07 Å². The Morgan fingerprint density at radius 2 is 2.25 bits per heavy atom. The summed E-state index contributed by atoms with van der Waals surface area (Å²) in [6.07, 6.45) is 1.26. The molecule has 0 radical (unpaired) electrons. The van der Waals surface area contributed by atoms with Crippen molar-refractivity contribution in [3.8, 4) is 0 Å². The minimum absolute atomic E-state index is 0.0240. The molecule has 2 amide bonds. The van der Waals surface area contributed by atoms with Gasteiger partial charge in [-0.05, 0) is 19.1 Å². The number of hydrogen-bond acceptors (Lipinski definition) is 4. The fraction of sp³-hybridized carbons (Fsp3) is 0.312. The van der Waals surface area contributed by atoms with Crippen LogP contribution < -0.4 is 10.2 Å². The SMILES string of the molecule is Cc1ocnc1CNC(=O)[C@@H]1CC(=O)N(c2ccc(F)cc2F)C1. The summed E-state index contributed by atoms with van der Waals surface area (Å²) in [6.45, 7) is 1.97. The maximum atomic E-state index is 13.8. The van der Waals surface area contributed by atoms with Crippen LogP contribution in [0.2, 0.25) is 0 Å². The second-order valence-corrected chi connectivity index (χ2v) is 5.57. The average molecular weight is 335 g/mol. The zero-order valence-electron chi connectivity index (χ0n) is 12.9. The maximum Gasteiger partial charge on any atom is 0.227 e. The third kappa shape index (κ3) is 3.12. The van der Waals surface area contributed by atoms with Gasteiger partial charge in [-0.15, -0.1) is 0 Å². The van der Waals surface area contributed by atoms with Crippen LogP contribution in [0.25, 0.3) is 0 Å². The first kappa shape index (κ1) is 16.1. The van der Waals surface area contributed by atoms with Gasteiger partial charge in [-0.1, -0.05) is 0 Å². The van der Waals surface area contributed by atoms with Gasteiger partial charge < -0.3 is 14.6 Å². The lowest BCUT2D eigenvalue weighted by molar-refractivity contribution is -0.126. The van der Waals surface area contributed by atoms with Gasteiger partial charge >= 0.3 is 0 Å². The number of halogens is 2. The van der Waals surface area contributed by atoms with Gasteiger partial charge in [0, 0.05) is 19.0 Å². The van der Waals surface area contributed by atoms with E-state index < -0.39 is 17.6 Å². The van der Waals surface area contributed by atoms with Gasteiger partial charge in [0.2, 0.25) is 11.8 Å². The molecule has 0 bridgehead atoms. The number of hydrogen-bond donors (Lipinski definition) is 1. The van der Waals surface area contributed by atoms with Gasteiger partial charge in [0.1, 0.15) is 23.1 Å². The third-order valence-electron chi connectivity index (χ3n) is 3.97. The molecule has 1 aliphatic rings. The molecule has 3 rings (SSSR count). The fourth-order valence-corrected chi connectivity index (χ4v) is 2.63. The highest BCUT2D eigenvalue weighted by Gasteiger charge is 2.36. The van der Waals surface area contributed by atoms with Crippen molar-refractivity contribution in [2.45, 2.75) is 19.9 Å². The summed E-state index contributed by atoms with van der Waals surface area (Å²) in [5.41, 5.74) is 0.582. The van der Waals surface area contributed by atoms with Gasteiger partial charge in [-0.25, -0.2) is 13.8 Å². The van der Waals surface area contributed by atoms with E-state index in [2.05, 4.69) is 10.3 Å². The van der Waals surface area contributed by atoms with Crippen molar-refractivity contribution >= 4 is 17.5 Å². The van der Waals surface area contributed by atoms with Crippen molar-refractivity contribution in [1.82, 2.24) is 10.3 Å². The molecule has 0 saturated carbocycles. The van der Waals surface area contributed by atoms with E-state index in [1.54, 1.807) is 6.92 Å². The number of oxazole rings is 1. The maximum absolute atomic E-state index is 13.8. The molecule has 1 aromatic heterocycles. The highest BCUT2D eigenvalue weighted by atomic mass is 19.1. The van der Waals surface area contributed by atoms with Crippen LogP contribution in [-0.4, -0.2) is 23.3 Å². The van der Waals surface area contributed by atoms with Crippen LogP contribution in [0.4, 0.5) is 14.5 Å². The highest BCUT2D eigenvalue weighted by Crippen LogP contribution is 2.28. The van der Waals surface area contributed by atoms with Gasteiger partial charge in [0.25, 0.3) is 0 Å². The smallest absolute Gasteiger partial charge is 0.227 e. The minimum Gasteiger partial charge on any atom is -0.448 e. The number of nitrogens with one attached hydrogen (secondary N) is 1. The molecule has 1 aromatic carbocycles. The Balaban J connectivity index is 1.65. The Kier molecular flexibility index (Phi) is 4.28. The highest BCUT2D eigenvalue weighted by molar-refractivity contribution is 6.00. The molecule has 1 N–H and O–H groups in total. The predicted octanol–water partition coefficient (Wildman–Crippen LogP) is 1.93. The summed E-state index contributed by atoms with van der Waals surface area (Å²) in [5.74, 6) is -2.25. The summed E-state index contributed by atoms with van der Waals surface area (Å²) >= 11 is 0. The van der Waals surface area contributed by atoms with Crippen LogP contribution in [0.15, 0.2) is 29.0 Å². The molecule has 1 fully saturated rings. The Bertz CT molecular complexity index is 791. The monoisotopic (exact) mass is 335 g/mol. The lowest BCUT2D eigenvalue weighted by Gasteiger charge is -2.17. The number of carbonyl (C=O) groups excluding carboxylic acids is 2. The van der Waals surface area contributed by atoms with E-state index in [9.17, 15) is 18.4 Å². The second kappa shape index (κ2) is 6.38. The van der Waals surface area contributed by atoms with Crippen molar-refractivity contribution in [3.05, 3.63) is 47.7 Å². The largest absolute Gasteiger partial charge is 0.448 e. The number of aryl methyl sites for hydroxylation is 1. The molecule has 24 heavy (non-hydrogen) atoms. The van der Waals surface area contributed by atoms with Crippen LogP contribution in [0, 0.1) is 24.5 Å². The summed E-state index contributed by atoms with van der Waals surface area (Å²) in [6, 6.07) is 2.98. The topological polar surface area (TPSA) is 75.4 Å². The third-order valence-corrected chi connectivity index (χ3v) is 3.97. The first-order valence-electron chi connectivity index (χ1n) is 7.38. The normalized spacial score (nSPS) is 17.4. The Morgan fingerprint density at radius 3 is 2.92 bits per heavy atom. The number of rotatable bonds is 4. The van der Waals surface area contributed by atoms with E-state index in [0.29, 0.717) is 17.5 Å². The number of carbonyl (C=O) groups is 2.